The maximum atomic E-state index is 12.8. The molecule has 3 rings (SSSR count). The summed E-state index contributed by atoms with van der Waals surface area (Å²) in [6.45, 7) is 1.95. The Hall–Kier alpha value is -2.38. The second-order valence-electron chi connectivity index (χ2n) is 8.24. The van der Waals surface area contributed by atoms with E-state index < -0.39 is 10.0 Å². The van der Waals surface area contributed by atoms with Crippen molar-refractivity contribution in [1.82, 2.24) is 9.62 Å². The Balaban J connectivity index is 1.42. The number of ether oxygens (including phenoxy) is 1. The van der Waals surface area contributed by atoms with E-state index in [4.69, 9.17) is 4.74 Å². The number of piperidine rings is 1. The zero-order valence-corrected chi connectivity index (χ0v) is 19.2. The van der Waals surface area contributed by atoms with Crippen molar-refractivity contribution in [2.75, 3.05) is 33.0 Å². The van der Waals surface area contributed by atoms with Crippen molar-refractivity contribution in [3.05, 3.63) is 65.2 Å². The number of sulfonamides is 1. The molecule has 0 saturated carbocycles. The molecule has 1 fully saturated rings. The summed E-state index contributed by atoms with van der Waals surface area (Å²) in [6, 6.07) is 15.7. The summed E-state index contributed by atoms with van der Waals surface area (Å²) in [6.07, 6.45) is 6.02. The lowest BCUT2D eigenvalue weighted by atomic mass is 9.90. The third-order valence-corrected chi connectivity index (χ3v) is 6.61. The molecule has 168 valence electrons. The van der Waals surface area contributed by atoms with Gasteiger partial charge < -0.3 is 9.64 Å². The Morgan fingerprint density at radius 3 is 2.16 bits per heavy atom. The highest BCUT2D eigenvalue weighted by atomic mass is 32.2. The van der Waals surface area contributed by atoms with E-state index in [0.29, 0.717) is 24.4 Å². The predicted molar refractivity (Wildman–Crippen MR) is 123 cm³/mol. The van der Waals surface area contributed by atoms with Gasteiger partial charge >= 0.3 is 0 Å². The van der Waals surface area contributed by atoms with E-state index in [1.165, 1.54) is 5.56 Å². The van der Waals surface area contributed by atoms with Gasteiger partial charge in [-0.15, -0.1) is 0 Å². The summed E-state index contributed by atoms with van der Waals surface area (Å²) in [5, 5.41) is 0. The average molecular weight is 445 g/mol. The van der Waals surface area contributed by atoms with Crippen molar-refractivity contribution in [2.24, 2.45) is 5.92 Å². The van der Waals surface area contributed by atoms with Gasteiger partial charge in [0.1, 0.15) is 5.75 Å². The monoisotopic (exact) mass is 444 g/mol. The van der Waals surface area contributed by atoms with Gasteiger partial charge in [0.05, 0.1) is 13.4 Å². The molecule has 6 nitrogen and oxygen atoms in total. The molecule has 0 atom stereocenters. The number of carbonyl (C=O) groups excluding carboxylic acids is 1. The van der Waals surface area contributed by atoms with Crippen LogP contribution in [-0.4, -0.2) is 52.2 Å². The summed E-state index contributed by atoms with van der Waals surface area (Å²) in [7, 11) is -1.50. The molecule has 1 saturated heterocycles. The Morgan fingerprint density at radius 1 is 1.00 bits per heavy atom. The minimum atomic E-state index is -3.17. The lowest BCUT2D eigenvalue weighted by Crippen LogP contribution is -2.38. The fraction of sp³-hybridized carbons (Fsp3) is 0.458. The lowest BCUT2D eigenvalue weighted by molar-refractivity contribution is 0.0687. The van der Waals surface area contributed by atoms with Crippen molar-refractivity contribution < 1.29 is 17.9 Å². The Bertz CT molecular complexity index is 948. The number of likely N-dealkylation sites (tertiary alicyclic amines) is 1. The highest BCUT2D eigenvalue weighted by molar-refractivity contribution is 7.88. The lowest BCUT2D eigenvalue weighted by Gasteiger charge is -2.32. The van der Waals surface area contributed by atoms with E-state index >= 15 is 0 Å². The molecule has 1 aliphatic rings. The Morgan fingerprint density at radius 2 is 1.58 bits per heavy atom. The van der Waals surface area contributed by atoms with Gasteiger partial charge in [0, 0.05) is 25.2 Å². The molecule has 31 heavy (non-hydrogen) atoms. The van der Waals surface area contributed by atoms with E-state index in [1.54, 1.807) is 7.11 Å². The molecule has 1 amide bonds. The number of hydrogen-bond donors (Lipinski definition) is 1. The summed E-state index contributed by atoms with van der Waals surface area (Å²) >= 11 is 0. The largest absolute Gasteiger partial charge is 0.497 e. The average Bonchev–Trinajstić information content (AvgIpc) is 2.77. The second kappa shape index (κ2) is 10.8. The number of methoxy groups -OCH3 is 1. The highest BCUT2D eigenvalue weighted by Crippen LogP contribution is 2.24. The van der Waals surface area contributed by atoms with Crippen LogP contribution < -0.4 is 9.46 Å². The number of nitrogens with zero attached hydrogens (tertiary/aromatic N) is 1. The molecule has 1 heterocycles. The number of rotatable bonds is 9. The summed E-state index contributed by atoms with van der Waals surface area (Å²) in [4.78, 5) is 14.8. The molecule has 0 bridgehead atoms. The first-order chi connectivity index (χ1) is 14.8. The van der Waals surface area contributed by atoms with Crippen molar-refractivity contribution in [1.29, 1.82) is 0 Å². The number of amides is 1. The SMILES string of the molecule is COc1ccc(CCC2CCN(C(=O)c3ccc(CCNS(C)(=O)=O)cc3)CC2)cc1. The van der Waals surface area contributed by atoms with Crippen molar-refractivity contribution in [3.8, 4) is 5.75 Å². The topological polar surface area (TPSA) is 75.7 Å². The van der Waals surface area contributed by atoms with Crippen LogP contribution in [0.2, 0.25) is 0 Å². The van der Waals surface area contributed by atoms with Crippen molar-refractivity contribution >= 4 is 15.9 Å². The predicted octanol–water partition coefficient (Wildman–Crippen LogP) is 3.27. The van der Waals surface area contributed by atoms with Gasteiger partial charge in [-0.25, -0.2) is 13.1 Å². The van der Waals surface area contributed by atoms with Crippen LogP contribution in [0.4, 0.5) is 0 Å². The number of nitrogens with one attached hydrogen (secondary N) is 1. The van der Waals surface area contributed by atoms with Gasteiger partial charge in [-0.2, -0.15) is 0 Å². The van der Waals surface area contributed by atoms with E-state index in [2.05, 4.69) is 16.9 Å². The van der Waals surface area contributed by atoms with Crippen LogP contribution in [0.3, 0.4) is 0 Å². The van der Waals surface area contributed by atoms with E-state index in [1.807, 2.05) is 41.3 Å². The molecule has 0 aliphatic carbocycles. The van der Waals surface area contributed by atoms with Crippen molar-refractivity contribution in [3.63, 3.8) is 0 Å². The molecule has 0 radical (unpaired) electrons. The fourth-order valence-electron chi connectivity index (χ4n) is 3.97. The van der Waals surface area contributed by atoms with Crippen LogP contribution in [0, 0.1) is 5.92 Å². The van der Waals surface area contributed by atoms with E-state index in [-0.39, 0.29) is 5.91 Å². The Labute approximate surface area is 185 Å². The van der Waals surface area contributed by atoms with Gasteiger partial charge in [-0.3, -0.25) is 4.79 Å². The quantitative estimate of drug-likeness (QED) is 0.644. The number of benzene rings is 2. The van der Waals surface area contributed by atoms with Crippen LogP contribution in [0.1, 0.15) is 40.7 Å². The van der Waals surface area contributed by atoms with Gasteiger partial charge in [0.15, 0.2) is 0 Å². The normalized spacial score (nSPS) is 15.1. The zero-order valence-electron chi connectivity index (χ0n) is 18.3. The molecular formula is C24H32N2O4S. The minimum absolute atomic E-state index is 0.0782. The van der Waals surface area contributed by atoms with Crippen LogP contribution in [0.5, 0.6) is 5.75 Å². The van der Waals surface area contributed by atoms with Crippen molar-refractivity contribution in [2.45, 2.75) is 32.1 Å². The maximum absolute atomic E-state index is 12.8. The first kappa shape index (κ1) is 23.3. The minimum Gasteiger partial charge on any atom is -0.497 e. The van der Waals surface area contributed by atoms with E-state index in [0.717, 1.165) is 56.3 Å². The standard InChI is InChI=1S/C24H32N2O4S/c1-30-23-11-7-19(8-12-23)3-4-21-14-17-26(18-15-21)24(27)22-9-5-20(6-10-22)13-16-25-31(2,28)29/h5-12,21,25H,3-4,13-18H2,1-2H3. The number of aryl methyl sites for hydroxylation is 1. The van der Waals surface area contributed by atoms with Gasteiger partial charge in [-0.05, 0) is 73.4 Å². The number of hydrogen-bond acceptors (Lipinski definition) is 4. The molecule has 2 aromatic rings. The Kier molecular flexibility index (Phi) is 8.09. The van der Waals surface area contributed by atoms with Crippen LogP contribution >= 0.6 is 0 Å². The van der Waals surface area contributed by atoms with Crippen LogP contribution in [0.25, 0.3) is 0 Å². The second-order valence-corrected chi connectivity index (χ2v) is 10.1. The third kappa shape index (κ3) is 7.36. The summed E-state index contributed by atoms with van der Waals surface area (Å²) in [5.41, 5.74) is 3.02. The first-order valence-electron chi connectivity index (χ1n) is 10.8. The third-order valence-electron chi connectivity index (χ3n) is 5.88. The fourth-order valence-corrected chi connectivity index (χ4v) is 4.44. The van der Waals surface area contributed by atoms with Gasteiger partial charge in [-0.1, -0.05) is 24.3 Å². The molecule has 1 aliphatic heterocycles. The summed E-state index contributed by atoms with van der Waals surface area (Å²) in [5.74, 6) is 1.61. The van der Waals surface area contributed by atoms with Crippen LogP contribution in [0.15, 0.2) is 48.5 Å². The molecule has 7 heteroatoms. The van der Waals surface area contributed by atoms with E-state index in [9.17, 15) is 13.2 Å². The molecular weight excluding hydrogens is 412 g/mol. The molecule has 0 spiro atoms. The number of carbonyl (C=O) groups is 1. The highest BCUT2D eigenvalue weighted by Gasteiger charge is 2.23. The maximum Gasteiger partial charge on any atom is 0.253 e. The summed E-state index contributed by atoms with van der Waals surface area (Å²) < 4.78 is 30.0. The molecule has 1 N–H and O–H groups in total. The molecule has 0 unspecified atom stereocenters. The van der Waals surface area contributed by atoms with Gasteiger partial charge in [0.2, 0.25) is 10.0 Å². The zero-order chi connectivity index (χ0) is 22.3. The first-order valence-corrected chi connectivity index (χ1v) is 12.7. The van der Waals surface area contributed by atoms with Gasteiger partial charge in [0.25, 0.3) is 5.91 Å². The molecule has 0 aromatic heterocycles. The molecule has 2 aromatic carbocycles. The van der Waals surface area contributed by atoms with Crippen LogP contribution in [-0.2, 0) is 22.9 Å². The smallest absolute Gasteiger partial charge is 0.253 e.